The summed E-state index contributed by atoms with van der Waals surface area (Å²) in [7, 11) is 0. The van der Waals surface area contributed by atoms with Crippen LogP contribution in [0.25, 0.3) is 6.08 Å². The molecule has 0 fully saturated rings. The molecule has 1 aliphatic rings. The summed E-state index contributed by atoms with van der Waals surface area (Å²) in [4.78, 5) is 38.5. The van der Waals surface area contributed by atoms with E-state index < -0.39 is 5.91 Å². The third kappa shape index (κ3) is 6.04. The van der Waals surface area contributed by atoms with Gasteiger partial charge in [-0.2, -0.15) is 0 Å². The molecule has 0 aliphatic heterocycles. The van der Waals surface area contributed by atoms with E-state index in [9.17, 15) is 14.4 Å². The van der Waals surface area contributed by atoms with Gasteiger partial charge in [0.2, 0.25) is 5.91 Å². The molecule has 1 unspecified atom stereocenters. The smallest absolute Gasteiger partial charge is 0.286 e. The van der Waals surface area contributed by atoms with Crippen molar-refractivity contribution in [3.63, 3.8) is 0 Å². The molecule has 1 aliphatic carbocycles. The van der Waals surface area contributed by atoms with E-state index in [0.29, 0.717) is 10.8 Å². The normalized spacial score (nSPS) is 16.3. The maximum absolute atomic E-state index is 12.6. The Morgan fingerprint density at radius 3 is 2.45 bits per heavy atom. The van der Waals surface area contributed by atoms with Crippen molar-refractivity contribution in [2.24, 2.45) is 11.3 Å². The second-order valence-electron chi connectivity index (χ2n) is 8.92. The molecule has 3 rings (SSSR count). The molecule has 1 aromatic carbocycles. The van der Waals surface area contributed by atoms with Gasteiger partial charge in [0.05, 0.1) is 4.88 Å². The number of aryl methyl sites for hydroxylation is 1. The third-order valence-corrected chi connectivity index (χ3v) is 6.72. The van der Waals surface area contributed by atoms with E-state index in [4.69, 9.17) is 0 Å². The standard InChI is InChI=1S/C24H29N3O3S/c1-15(28)25-19(12-16-8-6-5-7-9-16)22(29)26-27-23(30)21-14-17-13-18(24(2,3)4)10-11-20(17)31-21/h5-9,12,14,18H,10-11,13H2,1-4H3,(H,25,28)(H,26,29)(H,27,30)/b19-12+. The minimum atomic E-state index is -0.596. The molecular weight excluding hydrogens is 410 g/mol. The molecule has 6 nitrogen and oxygen atoms in total. The van der Waals surface area contributed by atoms with Gasteiger partial charge < -0.3 is 5.32 Å². The van der Waals surface area contributed by atoms with E-state index in [1.165, 1.54) is 28.7 Å². The Morgan fingerprint density at radius 1 is 1.10 bits per heavy atom. The highest BCUT2D eigenvalue weighted by Crippen LogP contribution is 2.40. The number of fused-ring (bicyclic) bond motifs is 1. The molecule has 0 bridgehead atoms. The lowest BCUT2D eigenvalue weighted by Gasteiger charge is -2.33. The second kappa shape index (κ2) is 9.47. The van der Waals surface area contributed by atoms with Crippen LogP contribution in [0.4, 0.5) is 0 Å². The first kappa shape index (κ1) is 22.7. The molecule has 0 spiro atoms. The van der Waals surface area contributed by atoms with Crippen LogP contribution >= 0.6 is 11.3 Å². The van der Waals surface area contributed by atoms with Gasteiger partial charge in [-0.05, 0) is 53.9 Å². The van der Waals surface area contributed by atoms with Crippen molar-refractivity contribution in [1.29, 1.82) is 0 Å². The number of carbonyl (C=O) groups excluding carboxylic acids is 3. The Bertz CT molecular complexity index is 1000. The van der Waals surface area contributed by atoms with Gasteiger partial charge in [0.25, 0.3) is 11.8 Å². The number of rotatable bonds is 4. The molecular formula is C24H29N3O3S. The summed E-state index contributed by atoms with van der Waals surface area (Å²) in [6.45, 7) is 8.10. The zero-order valence-electron chi connectivity index (χ0n) is 18.4. The molecule has 2 aromatic rings. The first-order valence-electron chi connectivity index (χ1n) is 10.4. The van der Waals surface area contributed by atoms with E-state index in [0.717, 1.165) is 24.8 Å². The highest BCUT2D eigenvalue weighted by Gasteiger charge is 2.30. The van der Waals surface area contributed by atoms with Crippen molar-refractivity contribution in [1.82, 2.24) is 16.2 Å². The van der Waals surface area contributed by atoms with Gasteiger partial charge in [0.15, 0.2) is 0 Å². The Balaban J connectivity index is 1.66. The first-order chi connectivity index (χ1) is 14.6. The molecule has 3 N–H and O–H groups in total. The number of hydrazine groups is 1. The number of benzene rings is 1. The Morgan fingerprint density at radius 2 is 1.81 bits per heavy atom. The number of amides is 3. The van der Waals surface area contributed by atoms with Crippen LogP contribution in [0, 0.1) is 11.3 Å². The average Bonchev–Trinajstić information content (AvgIpc) is 3.14. The summed E-state index contributed by atoms with van der Waals surface area (Å²) in [5, 5.41) is 2.51. The van der Waals surface area contributed by atoms with Gasteiger partial charge in [0.1, 0.15) is 5.70 Å². The van der Waals surface area contributed by atoms with E-state index in [-0.39, 0.29) is 22.9 Å². The van der Waals surface area contributed by atoms with E-state index >= 15 is 0 Å². The van der Waals surface area contributed by atoms with Crippen LogP contribution < -0.4 is 16.2 Å². The van der Waals surface area contributed by atoms with Crippen molar-refractivity contribution in [3.8, 4) is 0 Å². The van der Waals surface area contributed by atoms with E-state index in [1.807, 2.05) is 36.4 Å². The summed E-state index contributed by atoms with van der Waals surface area (Å²) >= 11 is 1.48. The van der Waals surface area contributed by atoms with Crippen molar-refractivity contribution in [2.75, 3.05) is 0 Å². The fraction of sp³-hybridized carbons (Fsp3) is 0.375. The summed E-state index contributed by atoms with van der Waals surface area (Å²) in [6.07, 6.45) is 4.63. The summed E-state index contributed by atoms with van der Waals surface area (Å²) < 4.78 is 0. The minimum absolute atomic E-state index is 0.0532. The quantitative estimate of drug-likeness (QED) is 0.500. The fourth-order valence-corrected chi connectivity index (χ4v) is 4.78. The number of nitrogens with one attached hydrogen (secondary N) is 3. The van der Waals surface area contributed by atoms with Gasteiger partial charge in [-0.15, -0.1) is 11.3 Å². The van der Waals surface area contributed by atoms with Crippen LogP contribution in [0.1, 0.15) is 59.8 Å². The molecule has 1 heterocycles. The predicted octanol–water partition coefficient (Wildman–Crippen LogP) is 3.84. The number of hydrogen-bond donors (Lipinski definition) is 3. The van der Waals surface area contributed by atoms with Crippen LogP contribution in [0.2, 0.25) is 0 Å². The van der Waals surface area contributed by atoms with Gasteiger partial charge in [-0.25, -0.2) is 0 Å². The molecule has 7 heteroatoms. The molecule has 0 saturated carbocycles. The lowest BCUT2D eigenvalue weighted by atomic mass is 9.72. The molecule has 31 heavy (non-hydrogen) atoms. The van der Waals surface area contributed by atoms with E-state index in [2.05, 4.69) is 36.9 Å². The van der Waals surface area contributed by atoms with Crippen molar-refractivity contribution < 1.29 is 14.4 Å². The average molecular weight is 440 g/mol. The van der Waals surface area contributed by atoms with Gasteiger partial charge >= 0.3 is 0 Å². The number of thiophene rings is 1. The Labute approximate surface area is 187 Å². The summed E-state index contributed by atoms with van der Waals surface area (Å²) in [5.41, 5.74) is 7.15. The lowest BCUT2D eigenvalue weighted by Crippen LogP contribution is -2.44. The predicted molar refractivity (Wildman–Crippen MR) is 123 cm³/mol. The van der Waals surface area contributed by atoms with Crippen molar-refractivity contribution in [3.05, 3.63) is 63.0 Å². The van der Waals surface area contributed by atoms with Crippen LogP contribution in [-0.4, -0.2) is 17.7 Å². The fourth-order valence-electron chi connectivity index (χ4n) is 3.68. The topological polar surface area (TPSA) is 87.3 Å². The summed E-state index contributed by atoms with van der Waals surface area (Å²) in [6, 6.07) is 11.1. The monoisotopic (exact) mass is 439 g/mol. The largest absolute Gasteiger partial charge is 0.322 e. The van der Waals surface area contributed by atoms with Crippen molar-refractivity contribution in [2.45, 2.75) is 47.0 Å². The van der Waals surface area contributed by atoms with Crippen molar-refractivity contribution >= 4 is 35.1 Å². The Hall–Kier alpha value is -2.93. The SMILES string of the molecule is CC(=O)N/C(=C/c1ccccc1)C(=O)NNC(=O)c1cc2c(s1)CCC(C(C)(C)C)C2. The van der Waals surface area contributed by atoms with Gasteiger partial charge in [-0.1, -0.05) is 51.1 Å². The molecule has 164 valence electrons. The zero-order chi connectivity index (χ0) is 22.6. The minimum Gasteiger partial charge on any atom is -0.322 e. The van der Waals surface area contributed by atoms with Gasteiger partial charge in [-0.3, -0.25) is 25.2 Å². The first-order valence-corrected chi connectivity index (χ1v) is 11.2. The maximum Gasteiger partial charge on any atom is 0.286 e. The highest BCUT2D eigenvalue weighted by atomic mass is 32.1. The van der Waals surface area contributed by atoms with Crippen LogP contribution in [0.15, 0.2) is 42.1 Å². The maximum atomic E-state index is 12.6. The molecule has 0 saturated heterocycles. The molecule has 1 atom stereocenters. The van der Waals surface area contributed by atoms with Crippen LogP contribution in [0.3, 0.4) is 0 Å². The van der Waals surface area contributed by atoms with Gasteiger partial charge in [0, 0.05) is 11.8 Å². The lowest BCUT2D eigenvalue weighted by molar-refractivity contribution is -0.122. The number of hydrogen-bond acceptors (Lipinski definition) is 4. The third-order valence-electron chi connectivity index (χ3n) is 5.49. The Kier molecular flexibility index (Phi) is 6.95. The molecule has 3 amide bonds. The highest BCUT2D eigenvalue weighted by molar-refractivity contribution is 7.14. The number of carbonyl (C=O) groups is 3. The van der Waals surface area contributed by atoms with Crippen LogP contribution in [-0.2, 0) is 22.4 Å². The summed E-state index contributed by atoms with van der Waals surface area (Å²) in [5.74, 6) is -0.736. The van der Waals surface area contributed by atoms with E-state index in [1.54, 1.807) is 6.08 Å². The molecule has 1 aromatic heterocycles. The second-order valence-corrected chi connectivity index (χ2v) is 10.1. The molecule has 0 radical (unpaired) electrons. The van der Waals surface area contributed by atoms with Crippen LogP contribution in [0.5, 0.6) is 0 Å². The zero-order valence-corrected chi connectivity index (χ0v) is 19.2.